The molecule has 3 aromatic rings. The first-order valence-corrected chi connectivity index (χ1v) is 24.0. The molecule has 3 aliphatic rings. The maximum atomic E-state index is 5.98. The molecule has 3 aliphatic heterocycles. The van der Waals surface area contributed by atoms with E-state index in [0.29, 0.717) is 0 Å². The molecule has 2 atom stereocenters. The van der Waals surface area contributed by atoms with Crippen molar-refractivity contribution in [1.29, 1.82) is 0 Å². The Labute approximate surface area is 353 Å². The fourth-order valence-corrected chi connectivity index (χ4v) is 10.9. The van der Waals surface area contributed by atoms with Crippen LogP contribution in [0.15, 0.2) is 74.0 Å². The quantitative estimate of drug-likeness (QED) is 0.129. The number of aliphatic imine (C=N–C) groups is 2. The second-order valence-electron chi connectivity index (χ2n) is 16.9. The summed E-state index contributed by atoms with van der Waals surface area (Å²) in [5.74, 6) is 0.237. The topological polar surface area (TPSA) is 56.3 Å². The van der Waals surface area contributed by atoms with Gasteiger partial charge >= 0.3 is 0 Å². The van der Waals surface area contributed by atoms with Crippen LogP contribution in [0.5, 0.6) is 0 Å². The van der Waals surface area contributed by atoms with Gasteiger partial charge in [0.05, 0.1) is 28.7 Å². The second kappa shape index (κ2) is 19.9. The minimum atomic E-state index is 0.0513. The minimum Gasteiger partial charge on any atom is -0.357 e. The number of aromatic amines is 2. The monoisotopic (exact) mass is 781 g/mol. The molecular weight excluding hydrogens is 705 g/mol. The molecule has 2 unspecified atom stereocenters. The van der Waals surface area contributed by atoms with Gasteiger partial charge in [0.2, 0.25) is 0 Å². The Morgan fingerprint density at radius 1 is 0.448 bits per heavy atom. The van der Waals surface area contributed by atoms with Crippen LogP contribution in [0.25, 0.3) is 11.1 Å². The van der Waals surface area contributed by atoms with E-state index in [0.717, 1.165) is 96.3 Å². The van der Waals surface area contributed by atoms with Crippen LogP contribution >= 0.6 is 0 Å². The summed E-state index contributed by atoms with van der Waals surface area (Å²) >= 11 is 0. The number of aromatic nitrogens is 2. The van der Waals surface area contributed by atoms with Crippen LogP contribution < -0.4 is 0 Å². The Morgan fingerprint density at radius 3 is 1.22 bits per heavy atom. The number of hydrogen-bond donors (Lipinski definition) is 2. The lowest BCUT2D eigenvalue weighted by molar-refractivity contribution is 0.683. The highest BCUT2D eigenvalue weighted by molar-refractivity contribution is 6.23. The third-order valence-corrected chi connectivity index (χ3v) is 13.7. The average Bonchev–Trinajstić information content (AvgIpc) is 4.01. The molecule has 0 saturated carbocycles. The second-order valence-corrected chi connectivity index (χ2v) is 16.9. The lowest BCUT2D eigenvalue weighted by Gasteiger charge is -2.21. The van der Waals surface area contributed by atoms with Crippen LogP contribution in [0.1, 0.15) is 216 Å². The van der Waals surface area contributed by atoms with Gasteiger partial charge in [0.1, 0.15) is 0 Å². The van der Waals surface area contributed by atoms with Gasteiger partial charge in [-0.25, -0.2) is 0 Å². The summed E-state index contributed by atoms with van der Waals surface area (Å²) in [6.07, 6.45) is 18.0. The molecule has 0 amide bonds. The smallest absolute Gasteiger partial charge is 0.0721 e. The van der Waals surface area contributed by atoms with Gasteiger partial charge in [-0.1, -0.05) is 132 Å². The summed E-state index contributed by atoms with van der Waals surface area (Å²) in [5.41, 5.74) is 26.6. The van der Waals surface area contributed by atoms with Crippen LogP contribution in [-0.4, -0.2) is 21.4 Å². The van der Waals surface area contributed by atoms with Crippen molar-refractivity contribution in [3.8, 4) is 0 Å². The summed E-state index contributed by atoms with van der Waals surface area (Å²) < 4.78 is 0. The van der Waals surface area contributed by atoms with Crippen LogP contribution in [0.3, 0.4) is 0 Å². The van der Waals surface area contributed by atoms with E-state index in [1.54, 1.807) is 0 Å². The number of rotatable bonds is 18. The molecule has 8 bridgehead atoms. The Hall–Kier alpha value is -3.92. The van der Waals surface area contributed by atoms with E-state index >= 15 is 0 Å². The molecule has 0 radical (unpaired) electrons. The molecule has 0 aliphatic carbocycles. The fourth-order valence-electron chi connectivity index (χ4n) is 10.9. The molecule has 4 heteroatoms. The van der Waals surface area contributed by atoms with Crippen molar-refractivity contribution in [1.82, 2.24) is 9.97 Å². The van der Waals surface area contributed by atoms with E-state index in [9.17, 15) is 0 Å². The predicted octanol–water partition coefficient (Wildman–Crippen LogP) is 15.5. The number of H-pyrrole nitrogens is 2. The van der Waals surface area contributed by atoms with Crippen molar-refractivity contribution >= 4 is 22.6 Å². The van der Waals surface area contributed by atoms with Crippen LogP contribution in [0.4, 0.5) is 0 Å². The molecule has 1 aromatic carbocycles. The van der Waals surface area contributed by atoms with Gasteiger partial charge in [0, 0.05) is 39.8 Å². The number of nitrogens with zero attached hydrogens (tertiary/aromatic N) is 2. The summed E-state index contributed by atoms with van der Waals surface area (Å²) in [6.45, 7) is 26.0. The number of allylic oxidation sites excluding steroid dienone is 6. The third-order valence-electron chi connectivity index (χ3n) is 13.7. The molecule has 0 fully saturated rings. The Bertz CT molecular complexity index is 1990. The van der Waals surface area contributed by atoms with Crippen molar-refractivity contribution < 1.29 is 0 Å². The fraction of sp³-hybridized carbons (Fsp3) is 0.556. The highest BCUT2D eigenvalue weighted by Crippen LogP contribution is 2.48. The number of hydrogen-bond acceptors (Lipinski definition) is 2. The van der Waals surface area contributed by atoms with Crippen LogP contribution in [0.2, 0.25) is 0 Å². The first-order valence-electron chi connectivity index (χ1n) is 24.0. The van der Waals surface area contributed by atoms with Gasteiger partial charge in [-0.2, -0.15) is 0 Å². The number of unbranched alkanes of at least 4 members (excludes halogenated alkanes) is 3. The summed E-state index contributed by atoms with van der Waals surface area (Å²) in [7, 11) is 0. The van der Waals surface area contributed by atoms with Crippen LogP contribution in [-0.2, 0) is 25.7 Å². The maximum Gasteiger partial charge on any atom is 0.0721 e. The van der Waals surface area contributed by atoms with E-state index < -0.39 is 0 Å². The maximum absolute atomic E-state index is 5.98. The van der Waals surface area contributed by atoms with Crippen molar-refractivity contribution in [3.63, 3.8) is 0 Å². The van der Waals surface area contributed by atoms with E-state index in [1.165, 1.54) is 120 Å². The highest BCUT2D eigenvalue weighted by atomic mass is 14.9. The Balaban J connectivity index is 1.88. The standard InChI is InChI=1S/C54H76N4/c1-12-23-31-43-47-35(15-4)37(17-6)49(55-47)44(32-24-13-2)51-39(19-8)41(21-10)53(57-51)46(34-29-27-26-28-30-34)54-42(22-11)40(20-9)52(58-54)45(33-25-14-3)50-38(18-7)36(16-5)48(43)56-50/h26-30,43,46,57-58H,12-25,31-33H2,1-11H3/b49-44-,50-45?. The van der Waals surface area contributed by atoms with Gasteiger partial charge in [-0.05, 0) is 134 Å². The van der Waals surface area contributed by atoms with Crippen molar-refractivity contribution in [2.24, 2.45) is 15.9 Å². The molecular formula is C54H76N4. The van der Waals surface area contributed by atoms with E-state index in [2.05, 4.69) is 116 Å². The van der Waals surface area contributed by atoms with Gasteiger partial charge in [0.15, 0.2) is 0 Å². The molecule has 0 spiro atoms. The lowest BCUT2D eigenvalue weighted by Crippen LogP contribution is -2.25. The summed E-state index contributed by atoms with van der Waals surface area (Å²) in [6, 6.07) is 11.4. The molecule has 2 N–H and O–H groups in total. The van der Waals surface area contributed by atoms with E-state index in [4.69, 9.17) is 9.98 Å². The SMILES string of the molecule is CCCCC1=C2N=C(C(CC)=C2CC)C(CCCC)C2=N/C(=C(/CCCC)c3[nH]c(c(CC)c3CC)C(c3ccccc3)c3[nH]c1c(CC)c3CC)C(CC)=C2CC. The zero-order valence-corrected chi connectivity index (χ0v) is 38.5. The predicted molar refractivity (Wildman–Crippen MR) is 252 cm³/mol. The molecule has 6 rings (SSSR count). The number of fused-ring (bicyclic) bond motifs is 6. The van der Waals surface area contributed by atoms with Gasteiger partial charge in [-0.3, -0.25) is 9.98 Å². The van der Waals surface area contributed by atoms with Crippen molar-refractivity contribution in [2.75, 3.05) is 0 Å². The van der Waals surface area contributed by atoms with Crippen molar-refractivity contribution in [3.05, 3.63) is 115 Å². The first kappa shape index (κ1) is 43.7. The molecule has 0 saturated heterocycles. The number of benzene rings is 1. The molecule has 58 heavy (non-hydrogen) atoms. The molecule has 5 heterocycles. The van der Waals surface area contributed by atoms with E-state index in [-0.39, 0.29) is 11.8 Å². The minimum absolute atomic E-state index is 0.0513. The molecule has 312 valence electrons. The zero-order valence-electron chi connectivity index (χ0n) is 38.5. The van der Waals surface area contributed by atoms with Gasteiger partial charge in [-0.15, -0.1) is 0 Å². The first-order chi connectivity index (χ1) is 28.4. The highest BCUT2D eigenvalue weighted by Gasteiger charge is 2.38. The largest absolute Gasteiger partial charge is 0.357 e. The number of nitrogens with one attached hydrogen (secondary N) is 2. The lowest BCUT2D eigenvalue weighted by atomic mass is 9.81. The molecule has 4 nitrogen and oxygen atoms in total. The average molecular weight is 781 g/mol. The summed E-state index contributed by atoms with van der Waals surface area (Å²) in [4.78, 5) is 20.6. The zero-order chi connectivity index (χ0) is 41.5. The summed E-state index contributed by atoms with van der Waals surface area (Å²) in [5, 5.41) is 0. The Kier molecular flexibility index (Phi) is 15.0. The Morgan fingerprint density at radius 2 is 0.862 bits per heavy atom. The van der Waals surface area contributed by atoms with E-state index in [1.807, 2.05) is 0 Å². The van der Waals surface area contributed by atoms with Gasteiger partial charge < -0.3 is 9.97 Å². The van der Waals surface area contributed by atoms with Crippen LogP contribution in [0, 0.1) is 5.92 Å². The normalized spacial score (nSPS) is 19.6. The van der Waals surface area contributed by atoms with Gasteiger partial charge in [0.25, 0.3) is 0 Å². The van der Waals surface area contributed by atoms with Crippen molar-refractivity contribution in [2.45, 2.75) is 191 Å². The molecule has 2 aromatic heterocycles. The third kappa shape index (κ3) is 7.79.